The molecule has 0 radical (unpaired) electrons. The highest BCUT2D eigenvalue weighted by Crippen LogP contribution is 2.22. The van der Waals surface area contributed by atoms with Crippen LogP contribution in [0, 0.1) is 11.8 Å². The Morgan fingerprint density at radius 2 is 2.07 bits per heavy atom. The van der Waals surface area contributed by atoms with Crippen LogP contribution in [0.4, 0.5) is 0 Å². The van der Waals surface area contributed by atoms with Crippen LogP contribution in [0.2, 0.25) is 0 Å². The summed E-state index contributed by atoms with van der Waals surface area (Å²) in [6, 6.07) is 3.95. The summed E-state index contributed by atoms with van der Waals surface area (Å²) in [5.41, 5.74) is 1.27. The molecule has 1 atom stereocenters. The predicted molar refractivity (Wildman–Crippen MR) is 105 cm³/mol. The number of hydrogen-bond donors (Lipinski definition) is 1. The minimum atomic E-state index is -0.142. The Labute approximate surface area is 162 Å². The summed E-state index contributed by atoms with van der Waals surface area (Å²) >= 11 is 0. The topological polar surface area (TPSA) is 65.5 Å². The lowest BCUT2D eigenvalue weighted by molar-refractivity contribution is -0.144. The highest BCUT2D eigenvalue weighted by atomic mass is 16.2. The van der Waals surface area contributed by atoms with Crippen molar-refractivity contribution in [1.29, 1.82) is 0 Å². The van der Waals surface area contributed by atoms with E-state index in [4.69, 9.17) is 0 Å². The molecule has 0 aromatic carbocycles. The summed E-state index contributed by atoms with van der Waals surface area (Å²) in [7, 11) is 0. The highest BCUT2D eigenvalue weighted by molar-refractivity contribution is 5.88. The molecule has 2 saturated heterocycles. The third-order valence-electron chi connectivity index (χ3n) is 5.63. The zero-order valence-corrected chi connectivity index (χ0v) is 16.6. The molecular weight excluding hydrogens is 340 g/mol. The van der Waals surface area contributed by atoms with E-state index >= 15 is 0 Å². The van der Waals surface area contributed by atoms with E-state index in [0.29, 0.717) is 18.4 Å². The van der Waals surface area contributed by atoms with Crippen molar-refractivity contribution in [3.05, 3.63) is 30.1 Å². The van der Waals surface area contributed by atoms with Crippen LogP contribution >= 0.6 is 0 Å². The molecule has 2 fully saturated rings. The number of carbonyl (C=O) groups excluding carboxylic acids is 2. The van der Waals surface area contributed by atoms with Crippen LogP contribution in [0.15, 0.2) is 24.5 Å². The van der Waals surface area contributed by atoms with E-state index in [2.05, 4.69) is 30.2 Å². The molecule has 27 heavy (non-hydrogen) atoms. The fourth-order valence-corrected chi connectivity index (χ4v) is 4.11. The molecule has 0 saturated carbocycles. The first kappa shape index (κ1) is 19.8. The second-order valence-electron chi connectivity index (χ2n) is 8.29. The largest absolute Gasteiger partial charge is 0.341 e. The summed E-state index contributed by atoms with van der Waals surface area (Å²) < 4.78 is 0. The highest BCUT2D eigenvalue weighted by Gasteiger charge is 2.31. The van der Waals surface area contributed by atoms with E-state index in [0.717, 1.165) is 45.3 Å². The van der Waals surface area contributed by atoms with Crippen molar-refractivity contribution in [3.63, 3.8) is 0 Å². The van der Waals surface area contributed by atoms with Crippen molar-refractivity contribution < 1.29 is 9.59 Å². The molecule has 6 heteroatoms. The third-order valence-corrected chi connectivity index (χ3v) is 5.63. The molecule has 2 aliphatic rings. The van der Waals surface area contributed by atoms with Gasteiger partial charge in [0.05, 0.1) is 12.6 Å². The van der Waals surface area contributed by atoms with Gasteiger partial charge in [0, 0.05) is 38.6 Å². The number of nitrogens with zero attached hydrogens (tertiary/aromatic N) is 3. The van der Waals surface area contributed by atoms with Gasteiger partial charge in [-0.25, -0.2) is 0 Å². The molecule has 6 nitrogen and oxygen atoms in total. The van der Waals surface area contributed by atoms with Crippen LogP contribution in [0.25, 0.3) is 0 Å². The van der Waals surface area contributed by atoms with Gasteiger partial charge in [0.2, 0.25) is 11.8 Å². The minimum absolute atomic E-state index is 0.0785. The molecule has 0 bridgehead atoms. The van der Waals surface area contributed by atoms with E-state index in [9.17, 15) is 9.59 Å². The summed E-state index contributed by atoms with van der Waals surface area (Å²) in [5, 5.41) is 3.29. The number of likely N-dealkylation sites (tertiary alicyclic amines) is 1. The van der Waals surface area contributed by atoms with Crippen LogP contribution in [-0.2, 0) is 16.0 Å². The summed E-state index contributed by atoms with van der Waals surface area (Å²) in [4.78, 5) is 33.2. The van der Waals surface area contributed by atoms with Crippen molar-refractivity contribution in [1.82, 2.24) is 20.1 Å². The lowest BCUT2D eigenvalue weighted by atomic mass is 9.90. The summed E-state index contributed by atoms with van der Waals surface area (Å²) in [5.74, 6) is 1.23. The van der Waals surface area contributed by atoms with Gasteiger partial charge in [-0.2, -0.15) is 0 Å². The van der Waals surface area contributed by atoms with Gasteiger partial charge in [0.1, 0.15) is 0 Å². The zero-order chi connectivity index (χ0) is 19.2. The molecule has 2 amide bonds. The third kappa shape index (κ3) is 5.51. The first-order valence-corrected chi connectivity index (χ1v) is 10.2. The second-order valence-corrected chi connectivity index (χ2v) is 8.29. The average molecular weight is 373 g/mol. The molecule has 2 aliphatic heterocycles. The lowest BCUT2D eigenvalue weighted by Crippen LogP contribution is -2.57. The van der Waals surface area contributed by atoms with Gasteiger partial charge in [-0.15, -0.1) is 0 Å². The zero-order valence-electron chi connectivity index (χ0n) is 16.6. The molecule has 3 rings (SSSR count). The van der Waals surface area contributed by atoms with Crippen molar-refractivity contribution in [2.24, 2.45) is 11.8 Å². The van der Waals surface area contributed by atoms with Gasteiger partial charge < -0.3 is 15.1 Å². The Bertz CT molecular complexity index is 626. The molecule has 1 unspecified atom stereocenters. The van der Waals surface area contributed by atoms with Crippen LogP contribution in [-0.4, -0.2) is 65.4 Å². The number of amides is 2. The number of piperazine rings is 1. The smallest absolute Gasteiger partial charge is 0.242 e. The lowest BCUT2D eigenvalue weighted by Gasteiger charge is -2.36. The summed E-state index contributed by atoms with van der Waals surface area (Å²) in [6.07, 6.45) is 7.62. The number of carbonyl (C=O) groups is 2. The maximum absolute atomic E-state index is 12.7. The Balaban J connectivity index is 1.46. The maximum atomic E-state index is 12.7. The van der Waals surface area contributed by atoms with E-state index in [1.54, 1.807) is 11.1 Å². The molecule has 1 N–H and O–H groups in total. The van der Waals surface area contributed by atoms with E-state index in [-0.39, 0.29) is 24.4 Å². The standard InChI is InChI=1S/C21H32N4O2/c1-16(2)12-19-21(27)25(11-8-23-19)15-20(26)24-9-5-17(6-10-24)13-18-4-3-7-22-14-18/h3-4,7,14,16-17,19,23H,5-6,8-13,15H2,1-2H3. The average Bonchev–Trinajstić information content (AvgIpc) is 2.66. The monoisotopic (exact) mass is 372 g/mol. The first-order valence-electron chi connectivity index (χ1n) is 10.2. The molecule has 0 spiro atoms. The Morgan fingerprint density at radius 3 is 2.74 bits per heavy atom. The molecular formula is C21H32N4O2. The van der Waals surface area contributed by atoms with Crippen molar-refractivity contribution in [2.75, 3.05) is 32.7 Å². The number of rotatable bonds is 6. The van der Waals surface area contributed by atoms with Crippen LogP contribution in [0.3, 0.4) is 0 Å². The molecule has 3 heterocycles. The first-order chi connectivity index (χ1) is 13.0. The van der Waals surface area contributed by atoms with Gasteiger partial charge in [-0.1, -0.05) is 19.9 Å². The molecule has 1 aromatic heterocycles. The Kier molecular flexibility index (Phi) is 6.83. The van der Waals surface area contributed by atoms with E-state index < -0.39 is 0 Å². The number of piperidine rings is 1. The molecule has 0 aliphatic carbocycles. The fourth-order valence-electron chi connectivity index (χ4n) is 4.11. The number of pyridine rings is 1. The van der Waals surface area contributed by atoms with E-state index in [1.807, 2.05) is 17.2 Å². The number of nitrogens with one attached hydrogen (secondary N) is 1. The van der Waals surface area contributed by atoms with Gasteiger partial charge >= 0.3 is 0 Å². The van der Waals surface area contributed by atoms with Gasteiger partial charge in [-0.05, 0) is 49.1 Å². The van der Waals surface area contributed by atoms with Crippen LogP contribution in [0.1, 0.15) is 38.7 Å². The van der Waals surface area contributed by atoms with Crippen molar-refractivity contribution in [3.8, 4) is 0 Å². The maximum Gasteiger partial charge on any atom is 0.242 e. The van der Waals surface area contributed by atoms with Gasteiger partial charge in [0.25, 0.3) is 0 Å². The fraction of sp³-hybridized carbons (Fsp3) is 0.667. The van der Waals surface area contributed by atoms with Crippen LogP contribution < -0.4 is 5.32 Å². The SMILES string of the molecule is CC(C)CC1NCCN(CC(=O)N2CCC(Cc3cccnc3)CC2)C1=O. The quantitative estimate of drug-likeness (QED) is 0.826. The molecule has 1 aromatic rings. The minimum Gasteiger partial charge on any atom is -0.341 e. The van der Waals surface area contributed by atoms with Gasteiger partial charge in [-0.3, -0.25) is 14.6 Å². The van der Waals surface area contributed by atoms with Crippen molar-refractivity contribution >= 4 is 11.8 Å². The summed E-state index contributed by atoms with van der Waals surface area (Å²) in [6.45, 7) is 7.44. The van der Waals surface area contributed by atoms with Gasteiger partial charge in [0.15, 0.2) is 0 Å². The van der Waals surface area contributed by atoms with Crippen LogP contribution in [0.5, 0.6) is 0 Å². The normalized spacial score (nSPS) is 21.7. The Morgan fingerprint density at radius 1 is 1.30 bits per heavy atom. The Hall–Kier alpha value is -1.95. The van der Waals surface area contributed by atoms with E-state index in [1.165, 1.54) is 5.56 Å². The number of aromatic nitrogens is 1. The predicted octanol–water partition coefficient (Wildman–Crippen LogP) is 1.71. The number of hydrogen-bond acceptors (Lipinski definition) is 4. The van der Waals surface area contributed by atoms with Crippen molar-refractivity contribution in [2.45, 2.75) is 45.6 Å². The molecule has 148 valence electrons. The second kappa shape index (κ2) is 9.31.